The third-order valence-corrected chi connectivity index (χ3v) is 4.12. The van der Waals surface area contributed by atoms with Gasteiger partial charge in [0.2, 0.25) is 5.91 Å². The Morgan fingerprint density at radius 2 is 2.14 bits per heavy atom. The number of nitrogens with zero attached hydrogens (tertiary/aromatic N) is 3. The van der Waals surface area contributed by atoms with Gasteiger partial charge in [0.25, 0.3) is 0 Å². The molecule has 0 saturated carbocycles. The van der Waals surface area contributed by atoms with E-state index in [1.54, 1.807) is 6.20 Å². The molecule has 1 unspecified atom stereocenters. The van der Waals surface area contributed by atoms with Gasteiger partial charge in [0.1, 0.15) is 0 Å². The van der Waals surface area contributed by atoms with Gasteiger partial charge in [-0.05, 0) is 43.0 Å². The van der Waals surface area contributed by atoms with Gasteiger partial charge >= 0.3 is 0 Å². The van der Waals surface area contributed by atoms with Gasteiger partial charge < -0.3 is 4.90 Å². The molecule has 1 amide bonds. The summed E-state index contributed by atoms with van der Waals surface area (Å²) in [6.07, 6.45) is 10.8. The summed E-state index contributed by atoms with van der Waals surface area (Å²) in [5.41, 5.74) is 2.17. The van der Waals surface area contributed by atoms with E-state index in [1.807, 2.05) is 41.0 Å². The van der Waals surface area contributed by atoms with Gasteiger partial charge in [-0.1, -0.05) is 24.3 Å². The number of hydrogen-bond acceptors (Lipinski definition) is 2. The standard InChI is InChI=1S/C18H21N3O/c1-20(18(22)16-6-3-2-4-7-16)14-15-8-10-17(11-9-15)21-13-5-12-19-21/h2-3,5,8-13,16H,4,6-7,14H2,1H3. The summed E-state index contributed by atoms with van der Waals surface area (Å²) in [6.45, 7) is 0.651. The van der Waals surface area contributed by atoms with Crippen LogP contribution in [0.25, 0.3) is 5.69 Å². The highest BCUT2D eigenvalue weighted by molar-refractivity contribution is 5.78. The van der Waals surface area contributed by atoms with Crippen molar-refractivity contribution >= 4 is 5.91 Å². The molecule has 3 rings (SSSR count). The zero-order valence-corrected chi connectivity index (χ0v) is 12.9. The van der Waals surface area contributed by atoms with Crippen molar-refractivity contribution < 1.29 is 4.79 Å². The summed E-state index contributed by atoms with van der Waals surface area (Å²) in [7, 11) is 1.89. The van der Waals surface area contributed by atoms with Crippen LogP contribution in [0.15, 0.2) is 54.9 Å². The first-order valence-electron chi connectivity index (χ1n) is 7.73. The number of carbonyl (C=O) groups is 1. The molecule has 0 radical (unpaired) electrons. The predicted octanol–water partition coefficient (Wildman–Crippen LogP) is 3.19. The number of aromatic nitrogens is 2. The Bertz CT molecular complexity index is 643. The Morgan fingerprint density at radius 3 is 2.77 bits per heavy atom. The van der Waals surface area contributed by atoms with E-state index in [9.17, 15) is 4.79 Å². The summed E-state index contributed by atoms with van der Waals surface area (Å²) < 4.78 is 1.83. The first kappa shape index (κ1) is 14.6. The maximum atomic E-state index is 12.4. The summed E-state index contributed by atoms with van der Waals surface area (Å²) in [5, 5.41) is 4.21. The maximum absolute atomic E-state index is 12.4. The quantitative estimate of drug-likeness (QED) is 0.813. The lowest BCUT2D eigenvalue weighted by atomic mass is 9.93. The van der Waals surface area contributed by atoms with Crippen LogP contribution in [0.3, 0.4) is 0 Å². The SMILES string of the molecule is CN(Cc1ccc(-n2cccn2)cc1)C(=O)C1CC=CCC1. The molecule has 22 heavy (non-hydrogen) atoms. The molecule has 1 aromatic heterocycles. The van der Waals surface area contributed by atoms with Gasteiger partial charge in [0.05, 0.1) is 5.69 Å². The molecule has 0 spiro atoms. The van der Waals surface area contributed by atoms with Crippen LogP contribution in [0.1, 0.15) is 24.8 Å². The van der Waals surface area contributed by atoms with E-state index in [4.69, 9.17) is 0 Å². The molecule has 1 aliphatic rings. The van der Waals surface area contributed by atoms with Crippen molar-refractivity contribution in [2.45, 2.75) is 25.8 Å². The first-order chi connectivity index (χ1) is 10.7. The fourth-order valence-corrected chi connectivity index (χ4v) is 2.86. The van der Waals surface area contributed by atoms with Crippen molar-refractivity contribution in [1.29, 1.82) is 0 Å². The van der Waals surface area contributed by atoms with Crippen molar-refractivity contribution in [1.82, 2.24) is 14.7 Å². The van der Waals surface area contributed by atoms with E-state index < -0.39 is 0 Å². The van der Waals surface area contributed by atoms with Gasteiger partial charge in [0, 0.05) is 31.9 Å². The van der Waals surface area contributed by atoms with Crippen molar-refractivity contribution in [3.63, 3.8) is 0 Å². The minimum atomic E-state index is 0.151. The molecule has 1 aliphatic carbocycles. The van der Waals surface area contributed by atoms with Crippen molar-refractivity contribution in [2.24, 2.45) is 5.92 Å². The molecule has 1 heterocycles. The van der Waals surface area contributed by atoms with Gasteiger partial charge in [-0.15, -0.1) is 0 Å². The largest absolute Gasteiger partial charge is 0.341 e. The normalized spacial score (nSPS) is 17.4. The summed E-state index contributed by atoms with van der Waals surface area (Å²) in [4.78, 5) is 14.3. The highest BCUT2D eigenvalue weighted by Gasteiger charge is 2.22. The Balaban J connectivity index is 1.62. The third-order valence-electron chi connectivity index (χ3n) is 4.12. The van der Waals surface area contributed by atoms with Crippen LogP contribution < -0.4 is 0 Å². The molecule has 0 aliphatic heterocycles. The van der Waals surface area contributed by atoms with E-state index in [1.165, 1.54) is 0 Å². The van der Waals surface area contributed by atoms with E-state index >= 15 is 0 Å². The molecule has 4 heteroatoms. The Morgan fingerprint density at radius 1 is 1.32 bits per heavy atom. The average Bonchev–Trinajstić information content (AvgIpc) is 3.10. The lowest BCUT2D eigenvalue weighted by Crippen LogP contribution is -2.32. The zero-order chi connectivity index (χ0) is 15.4. The number of hydrogen-bond donors (Lipinski definition) is 0. The van der Waals surface area contributed by atoms with Crippen LogP contribution in [-0.2, 0) is 11.3 Å². The molecule has 2 aromatic rings. The van der Waals surface area contributed by atoms with Crippen molar-refractivity contribution in [3.05, 3.63) is 60.4 Å². The average molecular weight is 295 g/mol. The second-order valence-electron chi connectivity index (χ2n) is 5.79. The van der Waals surface area contributed by atoms with Crippen LogP contribution in [-0.4, -0.2) is 27.6 Å². The Kier molecular flexibility index (Phi) is 4.37. The molecule has 1 atom stereocenters. The molecule has 4 nitrogen and oxygen atoms in total. The van der Waals surface area contributed by atoms with E-state index in [0.29, 0.717) is 6.54 Å². The Hall–Kier alpha value is -2.36. The van der Waals surface area contributed by atoms with Gasteiger partial charge in [-0.3, -0.25) is 4.79 Å². The van der Waals surface area contributed by atoms with Crippen LogP contribution in [0.5, 0.6) is 0 Å². The fraction of sp³-hybridized carbons (Fsp3) is 0.333. The third kappa shape index (κ3) is 3.27. The second kappa shape index (κ2) is 6.60. The van der Waals surface area contributed by atoms with Gasteiger partial charge in [0.15, 0.2) is 0 Å². The summed E-state index contributed by atoms with van der Waals surface area (Å²) in [6, 6.07) is 10.1. The lowest BCUT2D eigenvalue weighted by molar-refractivity contribution is -0.135. The summed E-state index contributed by atoms with van der Waals surface area (Å²) in [5.74, 6) is 0.402. The molecule has 0 N–H and O–H groups in total. The fourth-order valence-electron chi connectivity index (χ4n) is 2.86. The molecular formula is C18H21N3O. The molecule has 1 aromatic carbocycles. The number of amides is 1. The number of allylic oxidation sites excluding steroid dienone is 2. The molecular weight excluding hydrogens is 274 g/mol. The maximum Gasteiger partial charge on any atom is 0.226 e. The van der Waals surface area contributed by atoms with Crippen molar-refractivity contribution in [3.8, 4) is 5.69 Å². The molecule has 114 valence electrons. The van der Waals surface area contributed by atoms with Crippen LogP contribution in [0, 0.1) is 5.92 Å². The molecule has 0 bridgehead atoms. The minimum absolute atomic E-state index is 0.151. The van der Waals surface area contributed by atoms with Crippen LogP contribution >= 0.6 is 0 Å². The van der Waals surface area contributed by atoms with Gasteiger partial charge in [-0.25, -0.2) is 4.68 Å². The molecule has 0 fully saturated rings. The minimum Gasteiger partial charge on any atom is -0.341 e. The topological polar surface area (TPSA) is 38.1 Å². The van der Waals surface area contributed by atoms with E-state index in [0.717, 1.165) is 30.5 Å². The Labute approximate surface area is 131 Å². The number of benzene rings is 1. The highest BCUT2D eigenvalue weighted by atomic mass is 16.2. The second-order valence-corrected chi connectivity index (χ2v) is 5.79. The first-order valence-corrected chi connectivity index (χ1v) is 7.73. The smallest absolute Gasteiger partial charge is 0.226 e. The lowest BCUT2D eigenvalue weighted by Gasteiger charge is -2.24. The summed E-state index contributed by atoms with van der Waals surface area (Å²) >= 11 is 0. The molecule has 0 saturated heterocycles. The van der Waals surface area contributed by atoms with E-state index in [-0.39, 0.29) is 11.8 Å². The monoisotopic (exact) mass is 295 g/mol. The number of carbonyl (C=O) groups excluding carboxylic acids is 1. The predicted molar refractivity (Wildman–Crippen MR) is 86.5 cm³/mol. The van der Waals surface area contributed by atoms with Crippen molar-refractivity contribution in [2.75, 3.05) is 7.05 Å². The zero-order valence-electron chi connectivity index (χ0n) is 12.9. The van der Waals surface area contributed by atoms with E-state index in [2.05, 4.69) is 29.4 Å². The number of rotatable bonds is 4. The highest BCUT2D eigenvalue weighted by Crippen LogP contribution is 2.21. The van der Waals surface area contributed by atoms with Gasteiger partial charge in [-0.2, -0.15) is 5.10 Å². The van der Waals surface area contributed by atoms with Crippen LogP contribution in [0.4, 0.5) is 0 Å². The van der Waals surface area contributed by atoms with Crippen LogP contribution in [0.2, 0.25) is 0 Å².